The molecular formula is C30H31NO6. The Morgan fingerprint density at radius 3 is 2.57 bits per heavy atom. The molecule has 3 heterocycles. The molecule has 0 saturated heterocycles. The molecule has 0 aliphatic carbocycles. The molecule has 192 valence electrons. The molecular weight excluding hydrogens is 470 g/mol. The van der Waals surface area contributed by atoms with Crippen LogP contribution in [0.5, 0.6) is 11.5 Å². The van der Waals surface area contributed by atoms with Gasteiger partial charge in [-0.25, -0.2) is 0 Å². The fourth-order valence-electron chi connectivity index (χ4n) is 4.97. The van der Waals surface area contributed by atoms with Crippen LogP contribution < -0.4 is 14.9 Å². The van der Waals surface area contributed by atoms with E-state index in [1.165, 1.54) is 0 Å². The summed E-state index contributed by atoms with van der Waals surface area (Å²) >= 11 is 0. The van der Waals surface area contributed by atoms with Gasteiger partial charge >= 0.3 is 0 Å². The molecule has 1 aliphatic rings. The fraction of sp³-hybridized carbons (Fsp3) is 0.333. The number of fused-ring (bicyclic) bond motifs is 2. The van der Waals surface area contributed by atoms with Crippen molar-refractivity contribution in [2.45, 2.75) is 46.7 Å². The monoisotopic (exact) mass is 501 g/mol. The van der Waals surface area contributed by atoms with Crippen molar-refractivity contribution in [3.8, 4) is 11.5 Å². The van der Waals surface area contributed by atoms with Crippen molar-refractivity contribution < 1.29 is 23.1 Å². The van der Waals surface area contributed by atoms with Gasteiger partial charge in [-0.05, 0) is 73.2 Å². The highest BCUT2D eigenvalue weighted by Gasteiger charge is 2.43. The highest BCUT2D eigenvalue weighted by molar-refractivity contribution is 5.99. The molecule has 1 aliphatic heterocycles. The van der Waals surface area contributed by atoms with E-state index in [1.807, 2.05) is 38.1 Å². The number of rotatable bonds is 8. The number of hydrogen-bond acceptors (Lipinski definition) is 6. The van der Waals surface area contributed by atoms with Crippen LogP contribution in [0.4, 0.5) is 0 Å². The molecule has 0 spiro atoms. The van der Waals surface area contributed by atoms with Crippen LogP contribution in [0.25, 0.3) is 11.0 Å². The molecule has 0 radical (unpaired) electrons. The average Bonchev–Trinajstić information content (AvgIpc) is 3.46. The second-order valence-electron chi connectivity index (χ2n) is 9.99. The maximum Gasteiger partial charge on any atom is 0.291 e. The lowest BCUT2D eigenvalue weighted by molar-refractivity contribution is 0.0701. The summed E-state index contributed by atoms with van der Waals surface area (Å²) in [6, 6.07) is 12.2. The topological polar surface area (TPSA) is 82.1 Å². The van der Waals surface area contributed by atoms with Gasteiger partial charge in [-0.1, -0.05) is 26.0 Å². The second-order valence-corrected chi connectivity index (χ2v) is 9.99. The SMILES string of the molecule is COc1cc(C2c3c(oc4cc(C)cc(C)c4c3=O)C(=O)N2Cc2ccco2)ccc1OCCC(C)C. The van der Waals surface area contributed by atoms with E-state index in [2.05, 4.69) is 13.8 Å². The number of aryl methyl sites for hydroxylation is 2. The molecule has 7 heteroatoms. The molecule has 1 unspecified atom stereocenters. The summed E-state index contributed by atoms with van der Waals surface area (Å²) in [5.74, 6) is 1.99. The number of nitrogens with zero attached hydrogens (tertiary/aromatic N) is 1. The number of benzene rings is 2. The Hall–Kier alpha value is -4.00. The molecule has 1 atom stereocenters. The van der Waals surface area contributed by atoms with Gasteiger partial charge in [0, 0.05) is 0 Å². The first kappa shape index (κ1) is 24.7. The third-order valence-corrected chi connectivity index (χ3v) is 6.77. The maximum absolute atomic E-state index is 13.9. The summed E-state index contributed by atoms with van der Waals surface area (Å²) in [4.78, 5) is 29.2. The summed E-state index contributed by atoms with van der Waals surface area (Å²) in [5.41, 5.74) is 3.04. The Morgan fingerprint density at radius 1 is 1.05 bits per heavy atom. The van der Waals surface area contributed by atoms with Crippen molar-refractivity contribution in [2.75, 3.05) is 13.7 Å². The van der Waals surface area contributed by atoms with Crippen LogP contribution >= 0.6 is 0 Å². The third-order valence-electron chi connectivity index (χ3n) is 6.77. The number of ether oxygens (including phenoxy) is 2. The van der Waals surface area contributed by atoms with E-state index in [1.54, 1.807) is 36.5 Å². The first-order valence-corrected chi connectivity index (χ1v) is 12.5. The molecule has 5 rings (SSSR count). The predicted molar refractivity (Wildman–Crippen MR) is 140 cm³/mol. The smallest absolute Gasteiger partial charge is 0.291 e. The second kappa shape index (κ2) is 9.81. The minimum absolute atomic E-state index is 0.0651. The van der Waals surface area contributed by atoms with Gasteiger partial charge in [-0.3, -0.25) is 9.59 Å². The van der Waals surface area contributed by atoms with Gasteiger partial charge in [-0.2, -0.15) is 0 Å². The molecule has 0 bridgehead atoms. The van der Waals surface area contributed by atoms with Gasteiger partial charge in [0.15, 0.2) is 16.9 Å². The van der Waals surface area contributed by atoms with Gasteiger partial charge in [0.25, 0.3) is 5.91 Å². The summed E-state index contributed by atoms with van der Waals surface area (Å²) < 4.78 is 23.3. The highest BCUT2D eigenvalue weighted by atomic mass is 16.5. The first-order valence-electron chi connectivity index (χ1n) is 12.5. The van der Waals surface area contributed by atoms with E-state index in [0.717, 1.165) is 23.1 Å². The molecule has 4 aromatic rings. The predicted octanol–water partition coefficient (Wildman–Crippen LogP) is 6.18. The van der Waals surface area contributed by atoms with Crippen molar-refractivity contribution in [3.63, 3.8) is 0 Å². The van der Waals surface area contributed by atoms with E-state index in [4.69, 9.17) is 18.3 Å². The Kier molecular flexibility index (Phi) is 6.54. The number of methoxy groups -OCH3 is 1. The molecule has 2 aromatic heterocycles. The van der Waals surface area contributed by atoms with E-state index < -0.39 is 6.04 Å². The van der Waals surface area contributed by atoms with Crippen LogP contribution in [0, 0.1) is 19.8 Å². The largest absolute Gasteiger partial charge is 0.493 e. The minimum atomic E-state index is -0.674. The Bertz CT molecular complexity index is 1520. The zero-order chi connectivity index (χ0) is 26.3. The number of hydrogen-bond donors (Lipinski definition) is 0. The van der Waals surface area contributed by atoms with Gasteiger partial charge in [0.1, 0.15) is 11.3 Å². The van der Waals surface area contributed by atoms with Crippen molar-refractivity contribution in [1.29, 1.82) is 0 Å². The Balaban J connectivity index is 1.65. The van der Waals surface area contributed by atoms with Crippen molar-refractivity contribution in [1.82, 2.24) is 4.90 Å². The van der Waals surface area contributed by atoms with E-state index in [0.29, 0.717) is 46.3 Å². The Morgan fingerprint density at radius 2 is 1.86 bits per heavy atom. The van der Waals surface area contributed by atoms with Crippen LogP contribution in [0.1, 0.15) is 64.9 Å². The normalized spacial score (nSPS) is 15.0. The van der Waals surface area contributed by atoms with Gasteiger partial charge in [-0.15, -0.1) is 0 Å². The maximum atomic E-state index is 13.9. The van der Waals surface area contributed by atoms with Crippen molar-refractivity contribution in [2.24, 2.45) is 5.92 Å². The summed E-state index contributed by atoms with van der Waals surface area (Å²) in [5, 5.41) is 0.489. The number of furan rings is 1. The standard InChI is InChI=1S/C30H31NO6/c1-17(2)10-12-36-22-9-8-20(15-23(22)34-5)27-26-28(32)25-19(4)13-18(3)14-24(25)37-29(26)30(33)31(27)16-21-7-6-11-35-21/h6-9,11,13-15,17,27H,10,12,16H2,1-5H3. The first-order chi connectivity index (χ1) is 17.8. The van der Waals surface area contributed by atoms with E-state index in [-0.39, 0.29) is 23.6 Å². The lowest BCUT2D eigenvalue weighted by Gasteiger charge is -2.25. The molecule has 7 nitrogen and oxygen atoms in total. The summed E-state index contributed by atoms with van der Waals surface area (Å²) in [7, 11) is 1.58. The van der Waals surface area contributed by atoms with Gasteiger partial charge in [0.2, 0.25) is 5.76 Å². The lowest BCUT2D eigenvalue weighted by Crippen LogP contribution is -2.29. The van der Waals surface area contributed by atoms with Crippen LogP contribution in [0.15, 0.2) is 62.4 Å². The average molecular weight is 502 g/mol. The molecule has 37 heavy (non-hydrogen) atoms. The van der Waals surface area contributed by atoms with Crippen LogP contribution in [-0.4, -0.2) is 24.5 Å². The molecule has 2 aromatic carbocycles. The fourth-order valence-corrected chi connectivity index (χ4v) is 4.97. The van der Waals surface area contributed by atoms with Crippen LogP contribution in [0.2, 0.25) is 0 Å². The molecule has 0 N–H and O–H groups in total. The molecule has 1 amide bonds. The summed E-state index contributed by atoms with van der Waals surface area (Å²) in [6.45, 7) is 8.86. The number of carbonyl (C=O) groups excluding carboxylic acids is 1. The van der Waals surface area contributed by atoms with E-state index in [9.17, 15) is 9.59 Å². The lowest BCUT2D eigenvalue weighted by atomic mass is 9.96. The number of carbonyl (C=O) groups is 1. The summed E-state index contributed by atoms with van der Waals surface area (Å²) in [6.07, 6.45) is 2.48. The van der Waals surface area contributed by atoms with Gasteiger partial charge in [0.05, 0.1) is 43.5 Å². The quantitative estimate of drug-likeness (QED) is 0.287. The van der Waals surface area contributed by atoms with E-state index >= 15 is 0 Å². The Labute approximate surface area is 215 Å². The molecule has 0 saturated carbocycles. The van der Waals surface area contributed by atoms with Crippen molar-refractivity contribution >= 4 is 16.9 Å². The zero-order valence-electron chi connectivity index (χ0n) is 21.8. The van der Waals surface area contributed by atoms with Gasteiger partial charge < -0.3 is 23.2 Å². The highest BCUT2D eigenvalue weighted by Crippen LogP contribution is 2.42. The zero-order valence-corrected chi connectivity index (χ0v) is 21.8. The van der Waals surface area contributed by atoms with Crippen LogP contribution in [-0.2, 0) is 6.54 Å². The van der Waals surface area contributed by atoms with Crippen LogP contribution in [0.3, 0.4) is 0 Å². The minimum Gasteiger partial charge on any atom is -0.493 e. The molecule has 0 fully saturated rings. The number of amides is 1. The van der Waals surface area contributed by atoms with Crippen molar-refractivity contribution in [3.05, 3.63) is 92.7 Å². The third kappa shape index (κ3) is 4.50.